The van der Waals surface area contributed by atoms with E-state index in [-0.39, 0.29) is 12.2 Å². The van der Waals surface area contributed by atoms with Gasteiger partial charge < -0.3 is 4.74 Å². The van der Waals surface area contributed by atoms with Crippen LogP contribution < -0.4 is 4.74 Å². The third-order valence-electron chi connectivity index (χ3n) is 4.27. The second kappa shape index (κ2) is 5.36. The Morgan fingerprint density at radius 3 is 2.26 bits per heavy atom. The van der Waals surface area contributed by atoms with E-state index in [2.05, 4.69) is 4.98 Å². The summed E-state index contributed by atoms with van der Waals surface area (Å²) in [5, 5.41) is 0. The summed E-state index contributed by atoms with van der Waals surface area (Å²) in [7, 11) is 0. The standard InChI is InChI=1S/C20H15NO2/c22-18-14-20(15-6-2-1-3-7-15,16-10-12-21-13-11-16)23-19-9-5-4-8-17(18)19/h1-13H,14H2. The summed E-state index contributed by atoms with van der Waals surface area (Å²) in [5.41, 5.74) is 1.74. The number of Topliss-reactive ketones (excluding diaryl/α,β-unsaturated/α-hetero) is 1. The molecule has 0 N–H and O–H groups in total. The molecular formula is C20H15NO2. The first-order chi connectivity index (χ1) is 11.3. The van der Waals surface area contributed by atoms with Crippen molar-refractivity contribution in [1.29, 1.82) is 0 Å². The van der Waals surface area contributed by atoms with Gasteiger partial charge in [0.15, 0.2) is 11.4 Å². The average molecular weight is 301 g/mol. The van der Waals surface area contributed by atoms with Crippen molar-refractivity contribution in [1.82, 2.24) is 4.98 Å². The van der Waals surface area contributed by atoms with E-state index < -0.39 is 5.60 Å². The number of fused-ring (bicyclic) bond motifs is 1. The lowest BCUT2D eigenvalue weighted by atomic mass is 9.79. The van der Waals surface area contributed by atoms with Crippen molar-refractivity contribution in [2.24, 2.45) is 0 Å². The van der Waals surface area contributed by atoms with Gasteiger partial charge in [-0.05, 0) is 24.3 Å². The molecule has 0 fully saturated rings. The highest BCUT2D eigenvalue weighted by Crippen LogP contribution is 2.43. The Hall–Kier alpha value is -2.94. The van der Waals surface area contributed by atoms with Crippen LogP contribution in [0.4, 0.5) is 0 Å². The van der Waals surface area contributed by atoms with Gasteiger partial charge in [-0.1, -0.05) is 42.5 Å². The van der Waals surface area contributed by atoms with Gasteiger partial charge in [-0.3, -0.25) is 9.78 Å². The van der Waals surface area contributed by atoms with E-state index in [4.69, 9.17) is 4.74 Å². The summed E-state index contributed by atoms with van der Waals surface area (Å²) in [5.74, 6) is 0.719. The molecule has 0 spiro atoms. The molecule has 3 aromatic rings. The predicted octanol–water partition coefficient (Wildman–Crippen LogP) is 3.99. The van der Waals surface area contributed by atoms with Crippen molar-refractivity contribution in [3.05, 3.63) is 95.8 Å². The molecule has 1 aliphatic heterocycles. The van der Waals surface area contributed by atoms with Gasteiger partial charge in [0, 0.05) is 23.5 Å². The van der Waals surface area contributed by atoms with E-state index in [0.717, 1.165) is 11.1 Å². The van der Waals surface area contributed by atoms with E-state index in [1.165, 1.54) is 0 Å². The molecule has 3 heteroatoms. The Bertz CT molecular complexity index is 804. The van der Waals surface area contributed by atoms with Crippen LogP contribution in [0.25, 0.3) is 0 Å². The maximum atomic E-state index is 12.8. The number of pyridine rings is 1. The summed E-state index contributed by atoms with van der Waals surface area (Å²) in [6.45, 7) is 0. The number of hydrogen-bond acceptors (Lipinski definition) is 3. The highest BCUT2D eigenvalue weighted by Gasteiger charge is 2.43. The van der Waals surface area contributed by atoms with Crippen molar-refractivity contribution in [2.75, 3.05) is 0 Å². The number of ketones is 1. The zero-order chi connectivity index (χ0) is 15.7. The number of carbonyl (C=O) groups is 1. The minimum atomic E-state index is -0.810. The Morgan fingerprint density at radius 2 is 1.48 bits per heavy atom. The summed E-state index contributed by atoms with van der Waals surface area (Å²) < 4.78 is 6.41. The van der Waals surface area contributed by atoms with Crippen molar-refractivity contribution < 1.29 is 9.53 Å². The Labute approximate surface area is 134 Å². The number of benzene rings is 2. The van der Waals surface area contributed by atoms with Gasteiger partial charge in [-0.25, -0.2) is 0 Å². The van der Waals surface area contributed by atoms with Gasteiger partial charge in [0.1, 0.15) is 5.75 Å². The van der Waals surface area contributed by atoms with Gasteiger partial charge in [0.2, 0.25) is 0 Å². The van der Waals surface area contributed by atoms with Gasteiger partial charge in [-0.2, -0.15) is 0 Å². The lowest BCUT2D eigenvalue weighted by Gasteiger charge is -2.38. The fraction of sp³-hybridized carbons (Fsp3) is 0.100. The summed E-state index contributed by atoms with van der Waals surface area (Å²) >= 11 is 0. The maximum absolute atomic E-state index is 12.8. The van der Waals surface area contributed by atoms with E-state index in [1.54, 1.807) is 12.4 Å². The zero-order valence-corrected chi connectivity index (χ0v) is 12.5. The van der Waals surface area contributed by atoms with Gasteiger partial charge in [0.25, 0.3) is 0 Å². The number of hydrogen-bond donors (Lipinski definition) is 0. The van der Waals surface area contributed by atoms with Crippen LogP contribution in [-0.4, -0.2) is 10.8 Å². The summed E-state index contributed by atoms with van der Waals surface area (Å²) in [4.78, 5) is 16.8. The molecule has 0 saturated heterocycles. The third kappa shape index (κ3) is 2.21. The van der Waals surface area contributed by atoms with Crippen LogP contribution >= 0.6 is 0 Å². The van der Waals surface area contributed by atoms with Gasteiger partial charge >= 0.3 is 0 Å². The van der Waals surface area contributed by atoms with Crippen molar-refractivity contribution >= 4 is 5.78 Å². The molecule has 4 rings (SSSR count). The average Bonchev–Trinajstić information content (AvgIpc) is 2.63. The molecule has 0 radical (unpaired) electrons. The molecule has 3 nitrogen and oxygen atoms in total. The van der Waals surface area contributed by atoms with Crippen molar-refractivity contribution in [3.8, 4) is 5.75 Å². The molecule has 0 saturated carbocycles. The molecule has 112 valence electrons. The van der Waals surface area contributed by atoms with Crippen LogP contribution in [-0.2, 0) is 5.60 Å². The Kier molecular flexibility index (Phi) is 3.19. The predicted molar refractivity (Wildman–Crippen MR) is 87.5 cm³/mol. The molecule has 0 amide bonds. The second-order valence-electron chi connectivity index (χ2n) is 5.63. The molecule has 0 aliphatic carbocycles. The molecule has 23 heavy (non-hydrogen) atoms. The number of nitrogens with zero attached hydrogens (tertiary/aromatic N) is 1. The Morgan fingerprint density at radius 1 is 0.826 bits per heavy atom. The summed E-state index contributed by atoms with van der Waals surface area (Å²) in [6, 6.07) is 21.1. The fourth-order valence-corrected chi connectivity index (χ4v) is 3.15. The fourth-order valence-electron chi connectivity index (χ4n) is 3.15. The third-order valence-corrected chi connectivity index (χ3v) is 4.27. The molecule has 1 aromatic heterocycles. The van der Waals surface area contributed by atoms with Crippen LogP contribution in [0.5, 0.6) is 5.75 Å². The highest BCUT2D eigenvalue weighted by molar-refractivity contribution is 6.00. The minimum absolute atomic E-state index is 0.0903. The van der Waals surface area contributed by atoms with Crippen LogP contribution in [0.2, 0.25) is 0 Å². The van der Waals surface area contributed by atoms with E-state index >= 15 is 0 Å². The van der Waals surface area contributed by atoms with Crippen molar-refractivity contribution in [3.63, 3.8) is 0 Å². The number of aromatic nitrogens is 1. The highest BCUT2D eigenvalue weighted by atomic mass is 16.5. The maximum Gasteiger partial charge on any atom is 0.171 e. The molecular weight excluding hydrogens is 286 g/mol. The van der Waals surface area contributed by atoms with Crippen LogP contribution in [0.15, 0.2) is 79.1 Å². The number of rotatable bonds is 2. The summed E-state index contributed by atoms with van der Waals surface area (Å²) in [6.07, 6.45) is 3.74. The molecule has 1 atom stereocenters. The van der Waals surface area contributed by atoms with E-state index in [1.807, 2.05) is 66.7 Å². The number of carbonyl (C=O) groups excluding carboxylic acids is 1. The lowest BCUT2D eigenvalue weighted by molar-refractivity contribution is 0.0616. The molecule has 0 bridgehead atoms. The molecule has 1 unspecified atom stereocenters. The Balaban J connectivity index is 1.94. The van der Waals surface area contributed by atoms with Crippen LogP contribution in [0.1, 0.15) is 27.9 Å². The minimum Gasteiger partial charge on any atom is -0.477 e. The first-order valence-corrected chi connectivity index (χ1v) is 7.57. The molecule has 1 aliphatic rings. The largest absolute Gasteiger partial charge is 0.477 e. The van der Waals surface area contributed by atoms with Crippen LogP contribution in [0.3, 0.4) is 0 Å². The SMILES string of the molecule is O=C1CC(c2ccccc2)(c2ccncc2)Oc2ccccc21. The van der Waals surface area contributed by atoms with E-state index in [9.17, 15) is 4.79 Å². The van der Waals surface area contributed by atoms with Gasteiger partial charge in [0.05, 0.1) is 12.0 Å². The second-order valence-corrected chi connectivity index (χ2v) is 5.63. The smallest absolute Gasteiger partial charge is 0.171 e. The first-order valence-electron chi connectivity index (χ1n) is 7.57. The number of para-hydroxylation sites is 1. The van der Waals surface area contributed by atoms with E-state index in [0.29, 0.717) is 11.3 Å². The monoisotopic (exact) mass is 301 g/mol. The van der Waals surface area contributed by atoms with Crippen LogP contribution in [0, 0.1) is 0 Å². The molecule has 2 aromatic carbocycles. The van der Waals surface area contributed by atoms with Crippen molar-refractivity contribution in [2.45, 2.75) is 12.0 Å². The normalized spacial score (nSPS) is 19.7. The quantitative estimate of drug-likeness (QED) is 0.718. The molecule has 2 heterocycles. The zero-order valence-electron chi connectivity index (χ0n) is 12.5. The lowest BCUT2D eigenvalue weighted by Crippen LogP contribution is -2.40. The topological polar surface area (TPSA) is 39.2 Å². The first kappa shape index (κ1) is 13.7. The van der Waals surface area contributed by atoms with Gasteiger partial charge in [-0.15, -0.1) is 0 Å². The number of ether oxygens (including phenoxy) is 1.